The molecule has 102 valence electrons. The van der Waals surface area contributed by atoms with E-state index in [1.54, 1.807) is 23.2 Å². The first kappa shape index (κ1) is 12.6. The second-order valence-electron chi connectivity index (χ2n) is 5.13. The molecule has 6 heteroatoms. The molecule has 0 radical (unpaired) electrons. The lowest BCUT2D eigenvalue weighted by Crippen LogP contribution is -2.60. The van der Waals surface area contributed by atoms with E-state index in [1.807, 2.05) is 11.4 Å². The first-order chi connectivity index (χ1) is 9.15. The number of nitrogens with zero attached hydrogens (tertiary/aromatic N) is 1. The maximum absolute atomic E-state index is 12.0. The van der Waals surface area contributed by atoms with E-state index >= 15 is 0 Å². The number of piperazine rings is 1. The number of amides is 2. The fraction of sp³-hybridized carbons (Fsp3) is 0.538. The van der Waals surface area contributed by atoms with Crippen LogP contribution in [0.4, 0.5) is 0 Å². The number of rotatable bonds is 3. The predicted molar refractivity (Wildman–Crippen MR) is 72.7 cm³/mol. The quantitative estimate of drug-likeness (QED) is 0.838. The third-order valence-corrected chi connectivity index (χ3v) is 4.64. The van der Waals surface area contributed by atoms with Crippen molar-refractivity contribution in [3.63, 3.8) is 0 Å². The van der Waals surface area contributed by atoms with Crippen LogP contribution in [0.3, 0.4) is 0 Å². The normalized spacial score (nSPS) is 30.4. The van der Waals surface area contributed by atoms with E-state index in [9.17, 15) is 9.59 Å². The zero-order valence-corrected chi connectivity index (χ0v) is 11.6. The summed E-state index contributed by atoms with van der Waals surface area (Å²) in [6.07, 6.45) is 0.704. The molecule has 2 fully saturated rings. The summed E-state index contributed by atoms with van der Waals surface area (Å²) in [6, 6.07) is 3.63. The van der Waals surface area contributed by atoms with Crippen LogP contribution in [-0.4, -0.2) is 41.4 Å². The minimum absolute atomic E-state index is 0.0208. The maximum Gasteiger partial charge on any atom is 0.245 e. The number of carbonyl (C=O) groups excluding carboxylic acids is 2. The Morgan fingerprint density at radius 1 is 1.53 bits per heavy atom. The maximum atomic E-state index is 12.0. The third-order valence-electron chi connectivity index (χ3n) is 3.76. The van der Waals surface area contributed by atoms with E-state index in [1.165, 1.54) is 4.88 Å². The molecule has 3 rings (SSSR count). The minimum Gasteiger partial charge on any atom is -0.343 e. The lowest BCUT2D eigenvalue weighted by atomic mass is 10.1. The van der Waals surface area contributed by atoms with Gasteiger partial charge in [0.15, 0.2) is 0 Å². The van der Waals surface area contributed by atoms with Crippen molar-refractivity contribution in [1.29, 1.82) is 0 Å². The summed E-state index contributed by atoms with van der Waals surface area (Å²) in [5.41, 5.74) is 0. The average Bonchev–Trinajstić information content (AvgIpc) is 3.03. The molecule has 0 spiro atoms. The van der Waals surface area contributed by atoms with Crippen LogP contribution in [0.15, 0.2) is 17.5 Å². The summed E-state index contributed by atoms with van der Waals surface area (Å²) in [4.78, 5) is 26.9. The van der Waals surface area contributed by atoms with Crippen molar-refractivity contribution in [2.75, 3.05) is 6.54 Å². The Bertz CT molecular complexity index is 488. The van der Waals surface area contributed by atoms with E-state index in [0.29, 0.717) is 13.0 Å². The van der Waals surface area contributed by atoms with Crippen LogP contribution in [-0.2, 0) is 16.1 Å². The molecule has 2 saturated heterocycles. The van der Waals surface area contributed by atoms with Gasteiger partial charge in [-0.2, -0.15) is 0 Å². The number of hydrogen-bond acceptors (Lipinski definition) is 4. The fourth-order valence-corrected chi connectivity index (χ4v) is 3.41. The van der Waals surface area contributed by atoms with Gasteiger partial charge in [-0.3, -0.25) is 9.59 Å². The van der Waals surface area contributed by atoms with Gasteiger partial charge in [-0.05, 0) is 24.8 Å². The van der Waals surface area contributed by atoms with Crippen molar-refractivity contribution < 1.29 is 9.59 Å². The van der Waals surface area contributed by atoms with Gasteiger partial charge in [-0.15, -0.1) is 11.3 Å². The number of thiophene rings is 1. The van der Waals surface area contributed by atoms with Gasteiger partial charge in [0, 0.05) is 24.0 Å². The van der Waals surface area contributed by atoms with E-state index in [2.05, 4.69) is 16.7 Å². The molecule has 0 aliphatic carbocycles. The number of fused-ring (bicyclic) bond motifs is 1. The Hall–Kier alpha value is -1.40. The van der Waals surface area contributed by atoms with Crippen LogP contribution < -0.4 is 10.6 Å². The van der Waals surface area contributed by atoms with Gasteiger partial charge in [0.05, 0.1) is 0 Å². The Morgan fingerprint density at radius 3 is 3.11 bits per heavy atom. The van der Waals surface area contributed by atoms with E-state index in [4.69, 9.17) is 0 Å². The molecule has 2 amide bonds. The molecular weight excluding hydrogens is 262 g/mol. The minimum atomic E-state index is -0.389. The molecule has 19 heavy (non-hydrogen) atoms. The molecule has 2 aliphatic heterocycles. The van der Waals surface area contributed by atoms with Crippen LogP contribution in [0, 0.1) is 0 Å². The topological polar surface area (TPSA) is 61.4 Å². The molecular formula is C13H17N3O2S. The Morgan fingerprint density at radius 2 is 2.37 bits per heavy atom. The van der Waals surface area contributed by atoms with Crippen molar-refractivity contribution in [2.24, 2.45) is 0 Å². The van der Waals surface area contributed by atoms with Crippen molar-refractivity contribution >= 4 is 23.2 Å². The predicted octanol–water partition coefficient (Wildman–Crippen LogP) is 0.325. The van der Waals surface area contributed by atoms with Crippen molar-refractivity contribution in [3.8, 4) is 0 Å². The summed E-state index contributed by atoms with van der Waals surface area (Å²) in [5.74, 6) is 0.0116. The second-order valence-corrected chi connectivity index (χ2v) is 6.16. The summed E-state index contributed by atoms with van der Waals surface area (Å²) in [6.45, 7) is 3.17. The van der Waals surface area contributed by atoms with Gasteiger partial charge in [0.2, 0.25) is 11.8 Å². The highest BCUT2D eigenvalue weighted by atomic mass is 32.1. The standard InChI is InChI=1S/C13H17N3O2S/c1-8-13(18)16-7-9(5-11(16)12(17)15-8)14-6-10-3-2-4-19-10/h2-4,8-9,11,14H,5-7H2,1H3,(H,15,17)/t8-,9+,11+/m1/s1. The van der Waals surface area contributed by atoms with Gasteiger partial charge in [0.25, 0.3) is 0 Å². The number of nitrogens with one attached hydrogen (secondary N) is 2. The highest BCUT2D eigenvalue weighted by Gasteiger charge is 2.44. The molecule has 1 aromatic rings. The lowest BCUT2D eigenvalue weighted by molar-refractivity contribution is -0.146. The van der Waals surface area contributed by atoms with Gasteiger partial charge in [-0.1, -0.05) is 6.07 Å². The third kappa shape index (κ3) is 2.37. The molecule has 0 bridgehead atoms. The van der Waals surface area contributed by atoms with E-state index in [0.717, 1.165) is 6.54 Å². The van der Waals surface area contributed by atoms with Gasteiger partial charge < -0.3 is 15.5 Å². The SMILES string of the molecule is C[C@H]1NC(=O)[C@@H]2C[C@H](NCc3cccs3)CN2C1=O. The molecule has 3 atom stereocenters. The Kier molecular flexibility index (Phi) is 3.28. The summed E-state index contributed by atoms with van der Waals surface area (Å²) in [5, 5.41) is 8.22. The number of hydrogen-bond donors (Lipinski definition) is 2. The van der Waals surface area contributed by atoms with Gasteiger partial charge in [-0.25, -0.2) is 0 Å². The highest BCUT2D eigenvalue weighted by Crippen LogP contribution is 2.23. The molecule has 2 aliphatic rings. The molecule has 3 heterocycles. The van der Waals surface area contributed by atoms with Crippen LogP contribution in [0.5, 0.6) is 0 Å². The van der Waals surface area contributed by atoms with Crippen molar-refractivity contribution in [2.45, 2.75) is 38.0 Å². The molecule has 2 N–H and O–H groups in total. The van der Waals surface area contributed by atoms with Crippen LogP contribution in [0.1, 0.15) is 18.2 Å². The van der Waals surface area contributed by atoms with Crippen LogP contribution in [0.2, 0.25) is 0 Å². The van der Waals surface area contributed by atoms with Crippen LogP contribution in [0.25, 0.3) is 0 Å². The lowest BCUT2D eigenvalue weighted by Gasteiger charge is -2.32. The largest absolute Gasteiger partial charge is 0.343 e. The smallest absolute Gasteiger partial charge is 0.245 e. The first-order valence-corrected chi connectivity index (χ1v) is 7.40. The average molecular weight is 279 g/mol. The molecule has 0 saturated carbocycles. The molecule has 0 aromatic carbocycles. The van der Waals surface area contributed by atoms with E-state index in [-0.39, 0.29) is 29.9 Å². The number of carbonyl (C=O) groups is 2. The zero-order chi connectivity index (χ0) is 13.4. The van der Waals surface area contributed by atoms with Gasteiger partial charge >= 0.3 is 0 Å². The summed E-state index contributed by atoms with van der Waals surface area (Å²) < 4.78 is 0. The first-order valence-electron chi connectivity index (χ1n) is 6.52. The Labute approximate surface area is 116 Å². The molecule has 0 unspecified atom stereocenters. The molecule has 1 aromatic heterocycles. The Balaban J connectivity index is 1.62. The fourth-order valence-electron chi connectivity index (χ4n) is 2.75. The van der Waals surface area contributed by atoms with Crippen molar-refractivity contribution in [3.05, 3.63) is 22.4 Å². The molecule has 5 nitrogen and oxygen atoms in total. The van der Waals surface area contributed by atoms with Crippen molar-refractivity contribution in [1.82, 2.24) is 15.5 Å². The second kappa shape index (κ2) is 4.94. The summed E-state index contributed by atoms with van der Waals surface area (Å²) in [7, 11) is 0. The highest BCUT2D eigenvalue weighted by molar-refractivity contribution is 7.09. The monoisotopic (exact) mass is 279 g/mol. The van der Waals surface area contributed by atoms with E-state index < -0.39 is 0 Å². The van der Waals surface area contributed by atoms with Crippen LogP contribution >= 0.6 is 11.3 Å². The van der Waals surface area contributed by atoms with Gasteiger partial charge in [0.1, 0.15) is 12.1 Å². The summed E-state index contributed by atoms with van der Waals surface area (Å²) >= 11 is 1.71. The zero-order valence-electron chi connectivity index (χ0n) is 10.8.